The number of rotatable bonds is 11. The molecule has 1 saturated heterocycles. The Labute approximate surface area is 268 Å². The molecular weight excluding hydrogens is 623 g/mol. The molecule has 14 heteroatoms. The summed E-state index contributed by atoms with van der Waals surface area (Å²) in [5.74, 6) is 0.102. The molecule has 0 radical (unpaired) electrons. The van der Waals surface area contributed by atoms with Crippen LogP contribution in [-0.2, 0) is 16.9 Å². The van der Waals surface area contributed by atoms with Crippen LogP contribution in [0.15, 0.2) is 66.9 Å². The minimum atomic E-state index is -5.07. The monoisotopic (exact) mass is 657 g/mol. The van der Waals surface area contributed by atoms with E-state index in [-0.39, 0.29) is 64.6 Å². The first kappa shape index (κ1) is 33.5. The normalized spacial score (nSPS) is 15.6. The third kappa shape index (κ3) is 6.83. The van der Waals surface area contributed by atoms with Gasteiger partial charge in [0.05, 0.1) is 37.3 Å². The summed E-state index contributed by atoms with van der Waals surface area (Å²) in [6, 6.07) is 15.5. The van der Waals surface area contributed by atoms with Crippen LogP contribution in [0, 0.1) is 10.1 Å². The van der Waals surface area contributed by atoms with E-state index in [1.165, 1.54) is 61.3 Å². The largest absolute Gasteiger partial charge is 0.493 e. The molecule has 1 unspecified atom stereocenters. The number of ether oxygens (including phenoxy) is 4. The van der Waals surface area contributed by atoms with Gasteiger partial charge in [0.15, 0.2) is 11.5 Å². The number of hydrogen-bond acceptors (Lipinski definition) is 9. The van der Waals surface area contributed by atoms with E-state index in [4.69, 9.17) is 18.9 Å². The van der Waals surface area contributed by atoms with Gasteiger partial charge in [-0.1, -0.05) is 30.3 Å². The van der Waals surface area contributed by atoms with E-state index in [2.05, 4.69) is 0 Å². The fourth-order valence-corrected chi connectivity index (χ4v) is 5.87. The fourth-order valence-electron chi connectivity index (χ4n) is 5.87. The summed E-state index contributed by atoms with van der Waals surface area (Å²) in [6.45, 7) is -0.280. The van der Waals surface area contributed by atoms with Crippen molar-refractivity contribution in [1.82, 2.24) is 9.47 Å². The molecule has 1 fully saturated rings. The van der Waals surface area contributed by atoms with Crippen molar-refractivity contribution in [3.8, 4) is 17.2 Å². The van der Waals surface area contributed by atoms with Crippen LogP contribution < -0.4 is 14.2 Å². The zero-order valence-electron chi connectivity index (χ0n) is 26.0. The first-order valence-electron chi connectivity index (χ1n) is 14.7. The maximum absolute atomic E-state index is 14.9. The number of hydrogen-bond donors (Lipinski definition) is 1. The molecule has 1 aromatic heterocycles. The highest BCUT2D eigenvalue weighted by molar-refractivity contribution is 5.91. The van der Waals surface area contributed by atoms with Gasteiger partial charge in [0.25, 0.3) is 5.69 Å². The quantitative estimate of drug-likeness (QED) is 0.123. The van der Waals surface area contributed by atoms with Crippen LogP contribution in [0.25, 0.3) is 10.9 Å². The molecule has 2 heterocycles. The van der Waals surface area contributed by atoms with Crippen molar-refractivity contribution in [3.63, 3.8) is 0 Å². The van der Waals surface area contributed by atoms with E-state index in [0.717, 1.165) is 11.6 Å². The summed E-state index contributed by atoms with van der Waals surface area (Å²) < 4.78 is 67.9. The maximum atomic E-state index is 14.9. The summed E-state index contributed by atoms with van der Waals surface area (Å²) in [5, 5.41) is 23.1. The third-order valence-corrected chi connectivity index (χ3v) is 8.34. The topological polar surface area (TPSA) is 126 Å². The van der Waals surface area contributed by atoms with Gasteiger partial charge in [-0.3, -0.25) is 15.0 Å². The first-order chi connectivity index (χ1) is 22.4. The highest BCUT2D eigenvalue weighted by atomic mass is 19.4. The van der Waals surface area contributed by atoms with Crippen LogP contribution in [0.1, 0.15) is 34.3 Å². The van der Waals surface area contributed by atoms with Gasteiger partial charge in [0.1, 0.15) is 6.10 Å². The lowest BCUT2D eigenvalue weighted by atomic mass is 9.91. The number of alkyl halides is 3. The van der Waals surface area contributed by atoms with Gasteiger partial charge in [0.2, 0.25) is 11.4 Å². The van der Waals surface area contributed by atoms with E-state index in [1.807, 2.05) is 0 Å². The van der Waals surface area contributed by atoms with E-state index in [9.17, 15) is 33.2 Å². The number of aliphatic hydroxyl groups is 1. The SMILES string of the molecule is COC(=O)c1cc(OC)c(OC2CCN(CC(O)(c3cn(Cc4ccccc4)c4cc([N+](=O)[O-])ccc34)C(F)(F)F)CC2)c(OC)c1. The summed E-state index contributed by atoms with van der Waals surface area (Å²) in [7, 11) is 4.05. The molecule has 1 aliphatic heterocycles. The van der Waals surface area contributed by atoms with Crippen molar-refractivity contribution >= 4 is 22.6 Å². The van der Waals surface area contributed by atoms with Crippen molar-refractivity contribution in [2.24, 2.45) is 0 Å². The smallest absolute Gasteiger partial charge is 0.422 e. The molecule has 0 amide bonds. The van der Waals surface area contributed by atoms with Crippen LogP contribution in [0.5, 0.6) is 17.2 Å². The van der Waals surface area contributed by atoms with E-state index in [0.29, 0.717) is 12.8 Å². The number of esters is 1. The molecule has 3 aromatic carbocycles. The maximum Gasteiger partial charge on any atom is 0.422 e. The number of fused-ring (bicyclic) bond motifs is 1. The van der Waals surface area contributed by atoms with Crippen molar-refractivity contribution in [2.45, 2.75) is 37.3 Å². The zero-order valence-corrected chi connectivity index (χ0v) is 26.0. The van der Waals surface area contributed by atoms with Crippen molar-refractivity contribution in [3.05, 3.63) is 93.7 Å². The predicted octanol–water partition coefficient (Wildman–Crippen LogP) is 5.69. The van der Waals surface area contributed by atoms with Gasteiger partial charge in [-0.15, -0.1) is 0 Å². The molecule has 0 aliphatic carbocycles. The molecule has 0 bridgehead atoms. The summed E-state index contributed by atoms with van der Waals surface area (Å²) >= 11 is 0. The number of carbonyl (C=O) groups excluding carboxylic acids is 1. The number of methoxy groups -OCH3 is 3. The predicted molar refractivity (Wildman–Crippen MR) is 165 cm³/mol. The number of nitro groups is 1. The molecule has 1 atom stereocenters. The Morgan fingerprint density at radius 1 is 1.00 bits per heavy atom. The Hall–Kier alpha value is -4.82. The van der Waals surface area contributed by atoms with Crippen molar-refractivity contribution < 1.29 is 46.9 Å². The van der Waals surface area contributed by atoms with Crippen LogP contribution in [0.2, 0.25) is 0 Å². The average molecular weight is 658 g/mol. The minimum Gasteiger partial charge on any atom is -0.493 e. The minimum absolute atomic E-state index is 0.0687. The van der Waals surface area contributed by atoms with Crippen LogP contribution in [0.3, 0.4) is 0 Å². The standard InChI is InChI=1S/C33H34F3N3O8/c1-44-28-15-22(31(40)46-3)16-29(45-2)30(28)47-24-11-13-37(14-12-24)20-32(41,33(34,35)36)26-19-38(18-21-7-5-4-6-8-21)27-17-23(39(42)43)9-10-25(26)27/h4-10,15-17,19,24,41H,11-14,18,20H2,1-3H3. The molecule has 11 nitrogen and oxygen atoms in total. The van der Waals surface area contributed by atoms with E-state index < -0.39 is 35.3 Å². The summed E-state index contributed by atoms with van der Waals surface area (Å²) in [6.07, 6.45) is -3.62. The van der Waals surface area contributed by atoms with Crippen LogP contribution in [0.4, 0.5) is 18.9 Å². The number of nitrogens with zero attached hydrogens (tertiary/aromatic N) is 3. The summed E-state index contributed by atoms with van der Waals surface area (Å²) in [5.41, 5.74) is -2.78. The summed E-state index contributed by atoms with van der Waals surface area (Å²) in [4.78, 5) is 24.5. The molecule has 4 aromatic rings. The Kier molecular flexibility index (Phi) is 9.63. The van der Waals surface area contributed by atoms with Gasteiger partial charge >= 0.3 is 12.1 Å². The molecule has 0 spiro atoms. The Bertz CT molecular complexity index is 1730. The molecular formula is C33H34F3N3O8. The average Bonchev–Trinajstić information content (AvgIpc) is 3.42. The van der Waals surface area contributed by atoms with Gasteiger partial charge in [0, 0.05) is 55.5 Å². The van der Waals surface area contributed by atoms with E-state index in [1.54, 1.807) is 30.3 Å². The molecule has 5 rings (SSSR count). The highest BCUT2D eigenvalue weighted by Gasteiger charge is 2.57. The van der Waals surface area contributed by atoms with Gasteiger partial charge in [-0.25, -0.2) is 4.79 Å². The molecule has 1 N–H and O–H groups in total. The van der Waals surface area contributed by atoms with Crippen molar-refractivity contribution in [1.29, 1.82) is 0 Å². The van der Waals surface area contributed by atoms with Crippen LogP contribution in [-0.4, -0.2) is 78.7 Å². The number of halogens is 3. The first-order valence-corrected chi connectivity index (χ1v) is 14.7. The Balaban J connectivity index is 1.40. The molecule has 47 heavy (non-hydrogen) atoms. The number of piperidine rings is 1. The number of benzene rings is 3. The van der Waals surface area contributed by atoms with E-state index >= 15 is 0 Å². The lowest BCUT2D eigenvalue weighted by Gasteiger charge is -2.39. The Morgan fingerprint density at radius 2 is 1.64 bits per heavy atom. The second-order valence-electron chi connectivity index (χ2n) is 11.3. The molecule has 250 valence electrons. The van der Waals surface area contributed by atoms with Crippen LogP contribution >= 0.6 is 0 Å². The lowest BCUT2D eigenvalue weighted by molar-refractivity contribution is -0.384. The second kappa shape index (κ2) is 13.5. The molecule has 1 aliphatic rings. The molecule has 0 saturated carbocycles. The number of β-amino-alcohol motifs (C(OH)–C–C–N with tert-alkyl or cyclic N) is 1. The number of carbonyl (C=O) groups is 1. The van der Waals surface area contributed by atoms with Gasteiger partial charge < -0.3 is 28.6 Å². The third-order valence-electron chi connectivity index (χ3n) is 8.34. The van der Waals surface area contributed by atoms with Gasteiger partial charge in [-0.2, -0.15) is 13.2 Å². The fraction of sp³-hybridized carbons (Fsp3) is 0.364. The number of nitro benzene ring substituents is 1. The van der Waals surface area contributed by atoms with Crippen molar-refractivity contribution in [2.75, 3.05) is 41.0 Å². The Morgan fingerprint density at radius 3 is 2.19 bits per heavy atom. The second-order valence-corrected chi connectivity index (χ2v) is 11.3. The zero-order chi connectivity index (χ0) is 33.9. The highest BCUT2D eigenvalue weighted by Crippen LogP contribution is 2.45. The lowest BCUT2D eigenvalue weighted by Crippen LogP contribution is -2.53. The number of likely N-dealkylation sites (tertiary alicyclic amines) is 1. The number of aromatic nitrogens is 1. The van der Waals surface area contributed by atoms with Gasteiger partial charge in [-0.05, 0) is 36.6 Å². The number of non-ortho nitro benzene ring substituents is 1.